The lowest BCUT2D eigenvalue weighted by atomic mass is 10.4. The minimum absolute atomic E-state index is 0.578. The maximum atomic E-state index is 5.59. The van der Waals surface area contributed by atoms with E-state index in [-0.39, 0.29) is 0 Å². The maximum Gasteiger partial charge on any atom is 0.199 e. The molecule has 0 aromatic carbocycles. The van der Waals surface area contributed by atoms with Crippen molar-refractivity contribution in [2.75, 3.05) is 7.05 Å². The Balaban J connectivity index is 1.75. The van der Waals surface area contributed by atoms with Crippen LogP contribution in [0.5, 0.6) is 0 Å². The van der Waals surface area contributed by atoms with Gasteiger partial charge in [-0.3, -0.25) is 9.47 Å². The van der Waals surface area contributed by atoms with Gasteiger partial charge in [-0.25, -0.2) is 9.67 Å². The van der Waals surface area contributed by atoms with Crippen LogP contribution in [-0.4, -0.2) is 31.3 Å². The van der Waals surface area contributed by atoms with Crippen LogP contribution in [0.15, 0.2) is 18.0 Å². The molecule has 1 saturated carbocycles. The van der Waals surface area contributed by atoms with Crippen LogP contribution < -0.4 is 0 Å². The molecule has 0 radical (unpaired) electrons. The first-order valence-electron chi connectivity index (χ1n) is 7.46. The normalized spacial score (nSPS) is 14.7. The number of hydrogen-bond acceptors (Lipinski definition) is 5. The van der Waals surface area contributed by atoms with Gasteiger partial charge in [0.05, 0.1) is 17.4 Å². The Morgan fingerprint density at radius 3 is 2.91 bits per heavy atom. The van der Waals surface area contributed by atoms with Gasteiger partial charge in [-0.1, -0.05) is 6.08 Å². The third-order valence-corrected chi connectivity index (χ3v) is 4.93. The van der Waals surface area contributed by atoms with Crippen molar-refractivity contribution < 1.29 is 0 Å². The van der Waals surface area contributed by atoms with Gasteiger partial charge in [-0.2, -0.15) is 5.10 Å². The fraction of sp³-hybridized carbons (Fsp3) is 0.533. The van der Waals surface area contributed by atoms with Crippen molar-refractivity contribution in [3.05, 3.63) is 39.3 Å². The summed E-state index contributed by atoms with van der Waals surface area (Å²) in [6, 6.07) is 0. The smallest absolute Gasteiger partial charge is 0.199 e. The summed E-state index contributed by atoms with van der Waals surface area (Å²) in [7, 11) is 2.07. The summed E-state index contributed by atoms with van der Waals surface area (Å²) in [5.74, 6) is 1.69. The molecule has 7 heteroatoms. The first kappa shape index (κ1) is 15.6. The van der Waals surface area contributed by atoms with Crippen LogP contribution in [0.1, 0.15) is 35.3 Å². The summed E-state index contributed by atoms with van der Waals surface area (Å²) < 4.78 is 4.81. The summed E-state index contributed by atoms with van der Waals surface area (Å²) in [5, 5.41) is 7.96. The molecule has 0 atom stereocenters. The van der Waals surface area contributed by atoms with E-state index in [1.165, 1.54) is 12.8 Å². The average Bonchev–Trinajstić information content (AvgIpc) is 3.18. The summed E-state index contributed by atoms with van der Waals surface area (Å²) in [5.41, 5.74) is 1.10. The predicted octanol–water partition coefficient (Wildman–Crippen LogP) is 3.33. The quantitative estimate of drug-likeness (QED) is 0.575. The van der Waals surface area contributed by atoms with Crippen molar-refractivity contribution in [1.82, 2.24) is 24.2 Å². The van der Waals surface area contributed by atoms with Crippen LogP contribution in [-0.2, 0) is 19.8 Å². The summed E-state index contributed by atoms with van der Waals surface area (Å²) in [6.45, 7) is 8.08. The van der Waals surface area contributed by atoms with E-state index in [1.54, 1.807) is 11.3 Å². The zero-order chi connectivity index (χ0) is 15.7. The number of hydrogen-bond donors (Lipinski definition) is 0. The molecule has 3 rings (SSSR count). The molecule has 0 unspecified atom stereocenters. The van der Waals surface area contributed by atoms with Gasteiger partial charge in [-0.15, -0.1) is 17.9 Å². The molecule has 118 valence electrons. The van der Waals surface area contributed by atoms with Crippen molar-refractivity contribution in [2.45, 2.75) is 45.4 Å². The number of aryl methyl sites for hydroxylation is 1. The van der Waals surface area contributed by atoms with Crippen LogP contribution in [0.2, 0.25) is 0 Å². The molecular weight excluding hydrogens is 314 g/mol. The highest BCUT2D eigenvalue weighted by Crippen LogP contribution is 2.39. The molecule has 1 fully saturated rings. The predicted molar refractivity (Wildman–Crippen MR) is 91.5 cm³/mol. The van der Waals surface area contributed by atoms with Crippen molar-refractivity contribution in [3.63, 3.8) is 0 Å². The molecule has 0 aliphatic heterocycles. The van der Waals surface area contributed by atoms with Crippen LogP contribution in [0, 0.1) is 11.7 Å². The fourth-order valence-electron chi connectivity index (χ4n) is 2.53. The van der Waals surface area contributed by atoms with Gasteiger partial charge < -0.3 is 0 Å². The number of rotatable bonds is 7. The van der Waals surface area contributed by atoms with Gasteiger partial charge in [0.15, 0.2) is 4.77 Å². The SMILES string of the molecule is C=CCn1c(C2CC2)nn(CN(C)Cc2csc(C)n2)c1=S. The summed E-state index contributed by atoms with van der Waals surface area (Å²) >= 11 is 7.27. The summed E-state index contributed by atoms with van der Waals surface area (Å²) in [4.78, 5) is 6.69. The molecule has 2 aromatic rings. The molecule has 0 amide bonds. The number of thiazole rings is 1. The lowest BCUT2D eigenvalue weighted by Crippen LogP contribution is -2.22. The molecular formula is C15H21N5S2. The van der Waals surface area contributed by atoms with E-state index in [2.05, 4.69) is 33.5 Å². The van der Waals surface area contributed by atoms with E-state index in [4.69, 9.17) is 17.3 Å². The highest BCUT2D eigenvalue weighted by atomic mass is 32.1. The lowest BCUT2D eigenvalue weighted by molar-refractivity contribution is 0.241. The second-order valence-electron chi connectivity index (χ2n) is 5.83. The van der Waals surface area contributed by atoms with Crippen molar-refractivity contribution in [1.29, 1.82) is 0 Å². The molecule has 1 aliphatic carbocycles. The van der Waals surface area contributed by atoms with Crippen LogP contribution in [0.25, 0.3) is 0 Å². The first-order chi connectivity index (χ1) is 10.6. The molecule has 1 aliphatic rings. The molecule has 2 heterocycles. The Morgan fingerprint density at radius 1 is 1.55 bits per heavy atom. The number of nitrogens with zero attached hydrogens (tertiary/aromatic N) is 5. The van der Waals surface area contributed by atoms with Crippen molar-refractivity contribution in [2.24, 2.45) is 0 Å². The minimum Gasteiger partial charge on any atom is -0.300 e. The Labute approximate surface area is 139 Å². The van der Waals surface area contributed by atoms with Crippen molar-refractivity contribution >= 4 is 23.6 Å². The molecule has 0 bridgehead atoms. The van der Waals surface area contributed by atoms with Crippen LogP contribution in [0.4, 0.5) is 0 Å². The molecule has 0 spiro atoms. The van der Waals surface area contributed by atoms with Gasteiger partial charge in [0.25, 0.3) is 0 Å². The van der Waals surface area contributed by atoms with Gasteiger partial charge >= 0.3 is 0 Å². The molecule has 5 nitrogen and oxygen atoms in total. The van der Waals surface area contributed by atoms with Crippen LogP contribution >= 0.6 is 23.6 Å². The second kappa shape index (κ2) is 6.44. The van der Waals surface area contributed by atoms with E-state index in [9.17, 15) is 0 Å². The third kappa shape index (κ3) is 3.37. The Hall–Kier alpha value is -1.31. The largest absolute Gasteiger partial charge is 0.300 e. The van der Waals surface area contributed by atoms with E-state index < -0.39 is 0 Å². The molecule has 22 heavy (non-hydrogen) atoms. The number of aromatic nitrogens is 4. The zero-order valence-electron chi connectivity index (χ0n) is 13.0. The Morgan fingerprint density at radius 2 is 2.32 bits per heavy atom. The highest BCUT2D eigenvalue weighted by Gasteiger charge is 2.29. The third-order valence-electron chi connectivity index (χ3n) is 3.68. The standard InChI is InChI=1S/C15H21N5S2/c1-4-7-19-14(12-5-6-12)17-20(15(19)21)10-18(3)8-13-9-22-11(2)16-13/h4,9,12H,1,5-8,10H2,2-3H3. The van der Waals surface area contributed by atoms with Crippen LogP contribution in [0.3, 0.4) is 0 Å². The number of allylic oxidation sites excluding steroid dienone is 1. The topological polar surface area (TPSA) is 38.9 Å². The highest BCUT2D eigenvalue weighted by molar-refractivity contribution is 7.71. The van der Waals surface area contributed by atoms with E-state index in [1.807, 2.05) is 17.7 Å². The van der Waals surface area contributed by atoms with Gasteiger partial charge in [0.2, 0.25) is 0 Å². The van der Waals surface area contributed by atoms with Gasteiger partial charge in [0.1, 0.15) is 5.82 Å². The van der Waals surface area contributed by atoms with Gasteiger partial charge in [-0.05, 0) is 39.0 Å². The van der Waals surface area contributed by atoms with E-state index in [0.717, 1.165) is 34.4 Å². The minimum atomic E-state index is 0.578. The van der Waals surface area contributed by atoms with Gasteiger partial charge in [0, 0.05) is 24.4 Å². The fourth-order valence-corrected chi connectivity index (χ4v) is 3.40. The average molecular weight is 336 g/mol. The Bertz CT molecular complexity index is 723. The maximum absolute atomic E-state index is 5.59. The summed E-state index contributed by atoms with van der Waals surface area (Å²) in [6.07, 6.45) is 4.32. The second-order valence-corrected chi connectivity index (χ2v) is 7.25. The first-order valence-corrected chi connectivity index (χ1v) is 8.75. The van der Waals surface area contributed by atoms with E-state index in [0.29, 0.717) is 12.6 Å². The monoisotopic (exact) mass is 335 g/mol. The van der Waals surface area contributed by atoms with E-state index >= 15 is 0 Å². The lowest BCUT2D eigenvalue weighted by Gasteiger charge is -2.14. The molecule has 0 saturated heterocycles. The zero-order valence-corrected chi connectivity index (χ0v) is 14.7. The Kier molecular flexibility index (Phi) is 4.56. The van der Waals surface area contributed by atoms with Crippen molar-refractivity contribution in [3.8, 4) is 0 Å². The molecule has 0 N–H and O–H groups in total. The molecule has 2 aromatic heterocycles.